The Labute approximate surface area is 102 Å². The summed E-state index contributed by atoms with van der Waals surface area (Å²) in [7, 11) is 0. The molecule has 0 aliphatic heterocycles. The lowest BCUT2D eigenvalue weighted by Crippen LogP contribution is -2.38. The second-order valence-corrected chi connectivity index (χ2v) is 4.68. The Morgan fingerprint density at radius 2 is 2.06 bits per heavy atom. The van der Waals surface area contributed by atoms with Crippen molar-refractivity contribution in [1.29, 1.82) is 5.26 Å². The van der Waals surface area contributed by atoms with Crippen molar-refractivity contribution in [2.75, 3.05) is 0 Å². The van der Waals surface area contributed by atoms with Crippen molar-refractivity contribution in [3.8, 4) is 6.07 Å². The summed E-state index contributed by atoms with van der Waals surface area (Å²) in [4.78, 5) is 0. The standard InChI is InChI=1S/C15H17NO/c1-12-7-5-6-10-15(12,17)14(11-16)13-8-3-2-4-9-13/h2-4,7-9,14,17H,5-6,10H2,1H3. The Morgan fingerprint density at radius 3 is 2.65 bits per heavy atom. The minimum Gasteiger partial charge on any atom is -0.384 e. The monoisotopic (exact) mass is 227 g/mol. The van der Waals surface area contributed by atoms with Gasteiger partial charge in [-0.3, -0.25) is 0 Å². The van der Waals surface area contributed by atoms with Gasteiger partial charge in [-0.15, -0.1) is 0 Å². The van der Waals surface area contributed by atoms with Gasteiger partial charge in [-0.05, 0) is 37.3 Å². The van der Waals surface area contributed by atoms with Gasteiger partial charge in [0.2, 0.25) is 0 Å². The van der Waals surface area contributed by atoms with Crippen molar-refractivity contribution in [2.24, 2.45) is 0 Å². The Balaban J connectivity index is 2.40. The minimum absolute atomic E-state index is 0.472. The number of rotatable bonds is 2. The molecule has 0 fully saturated rings. The van der Waals surface area contributed by atoms with Gasteiger partial charge < -0.3 is 5.11 Å². The molecule has 0 saturated carbocycles. The summed E-state index contributed by atoms with van der Waals surface area (Å²) >= 11 is 0. The van der Waals surface area contributed by atoms with E-state index in [1.165, 1.54) is 0 Å². The van der Waals surface area contributed by atoms with Crippen LogP contribution < -0.4 is 0 Å². The van der Waals surface area contributed by atoms with E-state index in [9.17, 15) is 10.4 Å². The SMILES string of the molecule is CC1=CCCCC1(O)C(C#N)c1ccccc1. The third-order valence-corrected chi connectivity index (χ3v) is 3.63. The van der Waals surface area contributed by atoms with E-state index in [0.717, 1.165) is 24.0 Å². The van der Waals surface area contributed by atoms with Crippen LogP contribution >= 0.6 is 0 Å². The van der Waals surface area contributed by atoms with Crippen molar-refractivity contribution < 1.29 is 5.11 Å². The number of nitriles is 1. The maximum Gasteiger partial charge on any atom is 0.105 e. The van der Waals surface area contributed by atoms with E-state index < -0.39 is 11.5 Å². The second-order valence-electron chi connectivity index (χ2n) is 4.68. The zero-order chi connectivity index (χ0) is 12.3. The maximum atomic E-state index is 10.8. The van der Waals surface area contributed by atoms with Crippen LogP contribution in [0.15, 0.2) is 42.0 Å². The van der Waals surface area contributed by atoms with Crippen molar-refractivity contribution in [1.82, 2.24) is 0 Å². The van der Waals surface area contributed by atoms with Crippen LogP contribution in [0, 0.1) is 11.3 Å². The van der Waals surface area contributed by atoms with Crippen LogP contribution in [0.1, 0.15) is 37.7 Å². The van der Waals surface area contributed by atoms with Crippen molar-refractivity contribution in [2.45, 2.75) is 37.7 Å². The van der Waals surface area contributed by atoms with Crippen molar-refractivity contribution in [3.05, 3.63) is 47.5 Å². The predicted octanol–water partition coefficient (Wildman–Crippen LogP) is 3.16. The van der Waals surface area contributed by atoms with Crippen molar-refractivity contribution >= 4 is 0 Å². The van der Waals surface area contributed by atoms with E-state index >= 15 is 0 Å². The first-order valence-electron chi connectivity index (χ1n) is 6.02. The van der Waals surface area contributed by atoms with Gasteiger partial charge in [0.1, 0.15) is 11.5 Å². The molecule has 0 spiro atoms. The van der Waals surface area contributed by atoms with Crippen LogP contribution in [0.25, 0.3) is 0 Å². The second kappa shape index (κ2) is 4.73. The van der Waals surface area contributed by atoms with E-state index in [-0.39, 0.29) is 0 Å². The van der Waals surface area contributed by atoms with E-state index in [4.69, 9.17) is 0 Å². The zero-order valence-corrected chi connectivity index (χ0v) is 10.1. The summed E-state index contributed by atoms with van der Waals surface area (Å²) in [5.41, 5.74) is 0.834. The zero-order valence-electron chi connectivity index (χ0n) is 10.1. The molecular weight excluding hydrogens is 210 g/mol. The molecule has 17 heavy (non-hydrogen) atoms. The minimum atomic E-state index is -0.992. The van der Waals surface area contributed by atoms with E-state index in [1.54, 1.807) is 0 Å². The molecule has 2 nitrogen and oxygen atoms in total. The fraction of sp³-hybridized carbons (Fsp3) is 0.400. The molecular formula is C15H17NO. The number of aliphatic hydroxyl groups is 1. The van der Waals surface area contributed by atoms with Gasteiger partial charge in [0.25, 0.3) is 0 Å². The Kier molecular flexibility index (Phi) is 3.31. The summed E-state index contributed by atoms with van der Waals surface area (Å²) in [5, 5.41) is 20.1. The number of nitrogens with zero attached hydrogens (tertiary/aromatic N) is 1. The van der Waals surface area contributed by atoms with E-state index in [1.807, 2.05) is 37.3 Å². The van der Waals surface area contributed by atoms with Gasteiger partial charge in [-0.2, -0.15) is 5.26 Å². The fourth-order valence-corrected chi connectivity index (χ4v) is 2.54. The topological polar surface area (TPSA) is 44.0 Å². The van der Waals surface area contributed by atoms with Gasteiger partial charge in [0.15, 0.2) is 0 Å². The molecule has 0 aromatic heterocycles. The van der Waals surface area contributed by atoms with Crippen LogP contribution in [-0.2, 0) is 0 Å². The van der Waals surface area contributed by atoms with Gasteiger partial charge in [0.05, 0.1) is 6.07 Å². The highest BCUT2D eigenvalue weighted by Crippen LogP contribution is 2.40. The molecule has 2 heteroatoms. The highest BCUT2D eigenvalue weighted by atomic mass is 16.3. The fourth-order valence-electron chi connectivity index (χ4n) is 2.54. The molecule has 0 bridgehead atoms. The number of hydrogen-bond acceptors (Lipinski definition) is 2. The predicted molar refractivity (Wildman–Crippen MR) is 67.4 cm³/mol. The maximum absolute atomic E-state index is 10.8. The van der Waals surface area contributed by atoms with Gasteiger partial charge in [0, 0.05) is 0 Å². The van der Waals surface area contributed by atoms with Gasteiger partial charge >= 0.3 is 0 Å². The number of allylic oxidation sites excluding steroid dienone is 1. The average molecular weight is 227 g/mol. The third-order valence-electron chi connectivity index (χ3n) is 3.63. The number of hydrogen-bond donors (Lipinski definition) is 1. The summed E-state index contributed by atoms with van der Waals surface area (Å²) in [6.07, 6.45) is 4.67. The van der Waals surface area contributed by atoms with Crippen LogP contribution in [0.5, 0.6) is 0 Å². The first-order chi connectivity index (χ1) is 8.18. The van der Waals surface area contributed by atoms with Crippen LogP contribution in [0.3, 0.4) is 0 Å². The highest BCUT2D eigenvalue weighted by Gasteiger charge is 2.40. The molecule has 0 heterocycles. The molecule has 0 radical (unpaired) electrons. The van der Waals surface area contributed by atoms with Crippen LogP contribution in [0.2, 0.25) is 0 Å². The molecule has 0 saturated heterocycles. The number of benzene rings is 1. The molecule has 0 amide bonds. The molecule has 1 aromatic carbocycles. The molecule has 88 valence electrons. The molecule has 1 N–H and O–H groups in total. The normalized spacial score (nSPS) is 25.8. The summed E-state index contributed by atoms with van der Waals surface area (Å²) < 4.78 is 0. The van der Waals surface area contributed by atoms with Crippen LogP contribution in [0.4, 0.5) is 0 Å². The highest BCUT2D eigenvalue weighted by molar-refractivity contribution is 5.35. The van der Waals surface area contributed by atoms with Crippen molar-refractivity contribution in [3.63, 3.8) is 0 Å². The lowest BCUT2D eigenvalue weighted by molar-refractivity contribution is 0.0493. The summed E-state index contributed by atoms with van der Waals surface area (Å²) in [6.45, 7) is 1.92. The molecule has 2 unspecified atom stereocenters. The Hall–Kier alpha value is -1.59. The summed E-state index contributed by atoms with van der Waals surface area (Å²) in [6, 6.07) is 11.8. The molecule has 1 aliphatic carbocycles. The average Bonchev–Trinajstić information content (AvgIpc) is 2.35. The third kappa shape index (κ3) is 2.11. The first kappa shape index (κ1) is 11.9. The van der Waals surface area contributed by atoms with E-state index in [2.05, 4.69) is 12.1 Å². The first-order valence-corrected chi connectivity index (χ1v) is 6.02. The quantitative estimate of drug-likeness (QED) is 0.789. The van der Waals surface area contributed by atoms with E-state index in [0.29, 0.717) is 6.42 Å². The molecule has 1 aliphatic rings. The summed E-state index contributed by atoms with van der Waals surface area (Å²) in [5.74, 6) is -0.472. The van der Waals surface area contributed by atoms with Gasteiger partial charge in [-0.25, -0.2) is 0 Å². The molecule has 2 atom stereocenters. The van der Waals surface area contributed by atoms with Crippen LogP contribution in [-0.4, -0.2) is 10.7 Å². The smallest absolute Gasteiger partial charge is 0.105 e. The van der Waals surface area contributed by atoms with Gasteiger partial charge in [-0.1, -0.05) is 36.4 Å². The molecule has 2 rings (SSSR count). The Morgan fingerprint density at radius 1 is 1.35 bits per heavy atom. The lowest BCUT2D eigenvalue weighted by atomic mass is 9.72. The Bertz CT molecular complexity index is 458. The largest absolute Gasteiger partial charge is 0.384 e. The lowest BCUT2D eigenvalue weighted by Gasteiger charge is -2.36. The molecule has 1 aromatic rings.